The highest BCUT2D eigenvalue weighted by Crippen LogP contribution is 2.21. The fourth-order valence-electron chi connectivity index (χ4n) is 3.99. The summed E-state index contributed by atoms with van der Waals surface area (Å²) >= 11 is 0. The third kappa shape index (κ3) is 4.72. The second-order valence-electron chi connectivity index (χ2n) is 7.61. The van der Waals surface area contributed by atoms with Crippen LogP contribution in [0.4, 0.5) is 10.2 Å². The van der Waals surface area contributed by atoms with Crippen LogP contribution in [0, 0.1) is 5.82 Å². The van der Waals surface area contributed by atoms with Gasteiger partial charge in [-0.2, -0.15) is 0 Å². The van der Waals surface area contributed by atoms with E-state index in [1.807, 2.05) is 11.0 Å². The number of fused-ring (bicyclic) bond motifs is 1. The molecule has 0 spiro atoms. The van der Waals surface area contributed by atoms with E-state index in [0.717, 1.165) is 44.9 Å². The molecule has 1 atom stereocenters. The smallest absolute Gasteiger partial charge is 0.191 e. The molecule has 2 aromatic heterocycles. The monoisotopic (exact) mass is 408 g/mol. The van der Waals surface area contributed by atoms with Crippen molar-refractivity contribution in [2.24, 2.45) is 4.99 Å². The van der Waals surface area contributed by atoms with E-state index in [0.29, 0.717) is 12.4 Å². The first-order valence-corrected chi connectivity index (χ1v) is 10.7. The van der Waals surface area contributed by atoms with Crippen molar-refractivity contribution < 1.29 is 4.39 Å². The Morgan fingerprint density at radius 1 is 1.30 bits per heavy atom. The third-order valence-corrected chi connectivity index (χ3v) is 5.46. The standard InChI is InChI=1S/C23H29FN6/c1-2-25-23(27-13-5-7-17-15-28-21-10-4-3-8-19(17)21)29-18-11-14-30(16-18)22-20(24)9-6-12-26-22/h3-4,6,8-10,12,15,18,28H,2,5,7,11,13-14,16H2,1H3,(H2,25,27,29). The fraction of sp³-hybridized carbons (Fsp3) is 0.391. The van der Waals surface area contributed by atoms with Gasteiger partial charge in [-0.05, 0) is 49.9 Å². The molecule has 1 aliphatic rings. The van der Waals surface area contributed by atoms with Crippen molar-refractivity contribution in [3.63, 3.8) is 0 Å². The largest absolute Gasteiger partial charge is 0.361 e. The minimum absolute atomic E-state index is 0.220. The Labute approximate surface area is 176 Å². The number of halogens is 1. The van der Waals surface area contributed by atoms with E-state index in [9.17, 15) is 4.39 Å². The van der Waals surface area contributed by atoms with Crippen LogP contribution in [0.25, 0.3) is 10.9 Å². The van der Waals surface area contributed by atoms with Crippen LogP contribution in [-0.4, -0.2) is 48.1 Å². The number of hydrogen-bond acceptors (Lipinski definition) is 3. The minimum Gasteiger partial charge on any atom is -0.361 e. The highest BCUT2D eigenvalue weighted by molar-refractivity contribution is 5.83. The number of benzene rings is 1. The summed E-state index contributed by atoms with van der Waals surface area (Å²) in [7, 11) is 0. The van der Waals surface area contributed by atoms with Gasteiger partial charge in [0, 0.05) is 55.5 Å². The Morgan fingerprint density at radius 3 is 3.07 bits per heavy atom. The van der Waals surface area contributed by atoms with Crippen molar-refractivity contribution in [3.05, 3.63) is 60.2 Å². The molecule has 158 valence electrons. The van der Waals surface area contributed by atoms with Gasteiger partial charge in [0.2, 0.25) is 0 Å². The second kappa shape index (κ2) is 9.61. The molecule has 3 aromatic rings. The van der Waals surface area contributed by atoms with Gasteiger partial charge in [0.1, 0.15) is 0 Å². The Morgan fingerprint density at radius 2 is 2.20 bits per heavy atom. The predicted octanol–water partition coefficient (Wildman–Crippen LogP) is 3.47. The number of hydrogen-bond donors (Lipinski definition) is 3. The van der Waals surface area contributed by atoms with Crippen LogP contribution in [0.1, 0.15) is 25.3 Å². The minimum atomic E-state index is -0.268. The summed E-state index contributed by atoms with van der Waals surface area (Å²) in [4.78, 5) is 14.3. The van der Waals surface area contributed by atoms with E-state index in [1.165, 1.54) is 22.5 Å². The van der Waals surface area contributed by atoms with Crippen LogP contribution >= 0.6 is 0 Å². The van der Waals surface area contributed by atoms with E-state index in [-0.39, 0.29) is 11.9 Å². The van der Waals surface area contributed by atoms with Crippen molar-refractivity contribution in [2.75, 3.05) is 31.1 Å². The summed E-state index contributed by atoms with van der Waals surface area (Å²) in [5, 5.41) is 8.11. The van der Waals surface area contributed by atoms with Crippen LogP contribution in [-0.2, 0) is 6.42 Å². The molecule has 1 aliphatic heterocycles. The molecule has 4 rings (SSSR count). The Kier molecular flexibility index (Phi) is 6.47. The van der Waals surface area contributed by atoms with Gasteiger partial charge in [0.25, 0.3) is 0 Å². The topological polar surface area (TPSA) is 68.3 Å². The highest BCUT2D eigenvalue weighted by atomic mass is 19.1. The number of aliphatic imine (C=N–C) groups is 1. The van der Waals surface area contributed by atoms with Gasteiger partial charge in [-0.3, -0.25) is 4.99 Å². The van der Waals surface area contributed by atoms with Gasteiger partial charge in [-0.15, -0.1) is 0 Å². The Bertz CT molecular complexity index is 998. The first kappa shape index (κ1) is 20.2. The fourth-order valence-corrected chi connectivity index (χ4v) is 3.99. The average molecular weight is 409 g/mol. The SMILES string of the molecule is CCNC(=NCCCc1c[nH]c2ccccc12)NC1CCN(c2ncccc2F)C1. The van der Waals surface area contributed by atoms with Gasteiger partial charge >= 0.3 is 0 Å². The second-order valence-corrected chi connectivity index (χ2v) is 7.61. The number of aromatic amines is 1. The molecule has 0 bridgehead atoms. The average Bonchev–Trinajstić information content (AvgIpc) is 3.39. The molecule has 1 unspecified atom stereocenters. The maximum atomic E-state index is 14.0. The number of nitrogens with zero attached hydrogens (tertiary/aromatic N) is 3. The molecule has 7 heteroatoms. The maximum absolute atomic E-state index is 14.0. The number of H-pyrrole nitrogens is 1. The number of rotatable bonds is 7. The first-order chi connectivity index (χ1) is 14.7. The van der Waals surface area contributed by atoms with Crippen molar-refractivity contribution in [1.82, 2.24) is 20.6 Å². The van der Waals surface area contributed by atoms with Crippen LogP contribution in [0.15, 0.2) is 53.8 Å². The molecule has 3 N–H and O–H groups in total. The molecule has 30 heavy (non-hydrogen) atoms. The van der Waals surface area contributed by atoms with Crippen molar-refractivity contribution in [3.8, 4) is 0 Å². The zero-order chi connectivity index (χ0) is 20.8. The molecule has 3 heterocycles. The van der Waals surface area contributed by atoms with Crippen LogP contribution < -0.4 is 15.5 Å². The molecule has 0 amide bonds. The van der Waals surface area contributed by atoms with E-state index < -0.39 is 0 Å². The van der Waals surface area contributed by atoms with E-state index >= 15 is 0 Å². The lowest BCUT2D eigenvalue weighted by atomic mass is 10.1. The van der Waals surface area contributed by atoms with Crippen molar-refractivity contribution in [2.45, 2.75) is 32.2 Å². The molecule has 0 radical (unpaired) electrons. The van der Waals surface area contributed by atoms with Crippen LogP contribution in [0.3, 0.4) is 0 Å². The lowest BCUT2D eigenvalue weighted by Crippen LogP contribution is -2.44. The molecule has 1 aromatic carbocycles. The van der Waals surface area contributed by atoms with E-state index in [1.54, 1.807) is 12.3 Å². The van der Waals surface area contributed by atoms with Gasteiger partial charge in [0.05, 0.1) is 0 Å². The predicted molar refractivity (Wildman–Crippen MR) is 121 cm³/mol. The van der Waals surface area contributed by atoms with Gasteiger partial charge in [-0.1, -0.05) is 18.2 Å². The number of aryl methyl sites for hydroxylation is 1. The molecule has 1 fully saturated rings. The molecule has 0 aliphatic carbocycles. The number of anilines is 1. The number of pyridine rings is 1. The summed E-state index contributed by atoms with van der Waals surface area (Å²) in [6, 6.07) is 11.7. The van der Waals surface area contributed by atoms with E-state index in [2.05, 4.69) is 51.9 Å². The number of para-hydroxylation sites is 1. The number of guanidine groups is 1. The van der Waals surface area contributed by atoms with Crippen molar-refractivity contribution in [1.29, 1.82) is 0 Å². The quantitative estimate of drug-likeness (QED) is 0.318. The van der Waals surface area contributed by atoms with Gasteiger partial charge in [-0.25, -0.2) is 9.37 Å². The van der Waals surface area contributed by atoms with Crippen molar-refractivity contribution >= 4 is 22.7 Å². The summed E-state index contributed by atoms with van der Waals surface area (Å²) in [6.07, 6.45) is 6.63. The number of aromatic nitrogens is 2. The zero-order valence-corrected chi connectivity index (χ0v) is 17.4. The number of nitrogens with one attached hydrogen (secondary N) is 3. The molecule has 0 saturated carbocycles. The summed E-state index contributed by atoms with van der Waals surface area (Å²) in [5.74, 6) is 0.989. The first-order valence-electron chi connectivity index (χ1n) is 10.7. The third-order valence-electron chi connectivity index (χ3n) is 5.46. The maximum Gasteiger partial charge on any atom is 0.191 e. The molecular weight excluding hydrogens is 379 g/mol. The van der Waals surface area contributed by atoms with Crippen LogP contribution in [0.2, 0.25) is 0 Å². The van der Waals surface area contributed by atoms with E-state index in [4.69, 9.17) is 4.99 Å². The van der Waals surface area contributed by atoms with Gasteiger partial charge < -0.3 is 20.5 Å². The van der Waals surface area contributed by atoms with Gasteiger partial charge in [0.15, 0.2) is 17.6 Å². The molecular formula is C23H29FN6. The highest BCUT2D eigenvalue weighted by Gasteiger charge is 2.25. The Hall–Kier alpha value is -3.09. The lowest BCUT2D eigenvalue weighted by molar-refractivity contribution is 0.612. The zero-order valence-electron chi connectivity index (χ0n) is 17.4. The molecule has 6 nitrogen and oxygen atoms in total. The van der Waals surface area contributed by atoms with Crippen LogP contribution in [0.5, 0.6) is 0 Å². The molecule has 1 saturated heterocycles. The summed E-state index contributed by atoms with van der Waals surface area (Å²) in [6.45, 7) is 5.12. The Balaban J connectivity index is 1.30. The summed E-state index contributed by atoms with van der Waals surface area (Å²) in [5.41, 5.74) is 2.52. The summed E-state index contributed by atoms with van der Waals surface area (Å²) < 4.78 is 14.0. The normalized spacial score (nSPS) is 16.9. The lowest BCUT2D eigenvalue weighted by Gasteiger charge is -2.19.